The summed E-state index contributed by atoms with van der Waals surface area (Å²) in [6, 6.07) is 4.12. The van der Waals surface area contributed by atoms with Crippen LogP contribution < -0.4 is 16.1 Å². The second kappa shape index (κ2) is 5.35. The average molecular weight is 371 g/mol. The molecule has 0 bridgehead atoms. The molecule has 0 amide bonds. The van der Waals surface area contributed by atoms with E-state index in [4.69, 9.17) is 4.98 Å². The van der Waals surface area contributed by atoms with Gasteiger partial charge in [-0.15, -0.1) is 22.7 Å². The van der Waals surface area contributed by atoms with E-state index in [1.54, 1.807) is 11.3 Å². The van der Waals surface area contributed by atoms with E-state index in [1.165, 1.54) is 27.4 Å². The van der Waals surface area contributed by atoms with Crippen LogP contribution in [0.2, 0.25) is 0 Å². The van der Waals surface area contributed by atoms with Crippen LogP contribution in [0.4, 0.5) is 0 Å². The number of nitrogens with zero attached hydrogens (tertiary/aromatic N) is 1. The van der Waals surface area contributed by atoms with Gasteiger partial charge in [-0.2, -0.15) is 0 Å². The predicted molar refractivity (Wildman–Crippen MR) is 101 cm³/mol. The predicted octanol–water partition coefficient (Wildman–Crippen LogP) is 1.13. The number of aromatic amines is 2. The number of likely N-dealkylation sites (N-methyl/N-ethyl adjacent to an activating group) is 1. The maximum atomic E-state index is 12.2. The lowest BCUT2D eigenvalue weighted by Gasteiger charge is -2.24. The van der Waals surface area contributed by atoms with Gasteiger partial charge in [0.25, 0.3) is 5.56 Å². The molecule has 0 radical (unpaired) electrons. The SMILES string of the molecule is C[NH+]1CCc2c(-c3cccs3)nc3sc4c(=O)[nH]c(=O)[nH]c4c3c2C1. The van der Waals surface area contributed by atoms with Gasteiger partial charge in [0.1, 0.15) is 16.1 Å². The summed E-state index contributed by atoms with van der Waals surface area (Å²) in [7, 11) is 2.17. The van der Waals surface area contributed by atoms with E-state index in [0.29, 0.717) is 10.2 Å². The highest BCUT2D eigenvalue weighted by molar-refractivity contribution is 7.25. The lowest BCUT2D eigenvalue weighted by molar-refractivity contribution is -0.895. The number of rotatable bonds is 1. The molecule has 1 aliphatic rings. The molecule has 1 atom stereocenters. The van der Waals surface area contributed by atoms with Crippen molar-refractivity contribution in [2.75, 3.05) is 13.6 Å². The molecule has 4 aromatic rings. The number of fused-ring (bicyclic) bond motifs is 5. The number of H-pyrrole nitrogens is 2. The van der Waals surface area contributed by atoms with Crippen LogP contribution >= 0.6 is 22.7 Å². The Morgan fingerprint density at radius 1 is 1.24 bits per heavy atom. The molecule has 4 aromatic heterocycles. The third-order valence-corrected chi connectivity index (χ3v) is 6.72. The molecule has 0 aliphatic carbocycles. The topological polar surface area (TPSA) is 83.1 Å². The van der Waals surface area contributed by atoms with Crippen LogP contribution in [0.5, 0.6) is 0 Å². The average Bonchev–Trinajstić information content (AvgIpc) is 3.21. The first kappa shape index (κ1) is 15.0. The van der Waals surface area contributed by atoms with Gasteiger partial charge >= 0.3 is 5.69 Å². The first-order valence-electron chi connectivity index (χ1n) is 8.07. The molecule has 0 saturated heterocycles. The van der Waals surface area contributed by atoms with E-state index in [9.17, 15) is 9.59 Å². The van der Waals surface area contributed by atoms with Crippen LogP contribution in [0.1, 0.15) is 11.1 Å². The highest BCUT2D eigenvalue weighted by Gasteiger charge is 2.27. The highest BCUT2D eigenvalue weighted by Crippen LogP contribution is 2.38. The molecule has 0 fully saturated rings. The maximum absolute atomic E-state index is 12.2. The van der Waals surface area contributed by atoms with Crippen LogP contribution in [0.3, 0.4) is 0 Å². The van der Waals surface area contributed by atoms with Gasteiger partial charge < -0.3 is 9.88 Å². The van der Waals surface area contributed by atoms with Crippen molar-refractivity contribution in [1.29, 1.82) is 0 Å². The van der Waals surface area contributed by atoms with Gasteiger partial charge in [-0.3, -0.25) is 9.78 Å². The van der Waals surface area contributed by atoms with Crippen LogP contribution in [-0.2, 0) is 13.0 Å². The Morgan fingerprint density at radius 2 is 2.12 bits per heavy atom. The molecule has 126 valence electrons. The smallest absolute Gasteiger partial charge is 0.326 e. The van der Waals surface area contributed by atoms with Crippen LogP contribution in [0.25, 0.3) is 31.0 Å². The number of hydrogen-bond acceptors (Lipinski definition) is 5. The summed E-state index contributed by atoms with van der Waals surface area (Å²) >= 11 is 3.03. The first-order chi connectivity index (χ1) is 12.1. The summed E-state index contributed by atoms with van der Waals surface area (Å²) in [5.41, 5.74) is 3.31. The molecule has 0 spiro atoms. The molecule has 8 heteroatoms. The van der Waals surface area contributed by atoms with Crippen molar-refractivity contribution in [3.8, 4) is 10.6 Å². The molecule has 5 heterocycles. The third kappa shape index (κ3) is 2.21. The number of quaternary nitrogens is 1. The third-order valence-electron chi connectivity index (χ3n) is 4.76. The minimum atomic E-state index is -0.468. The molecule has 0 saturated carbocycles. The number of hydrogen-bond donors (Lipinski definition) is 3. The monoisotopic (exact) mass is 371 g/mol. The standard InChI is InChI=1S/C17H14N4O2S2/c1-21-5-4-8-9(7-21)11-13-14(15(22)20-17(23)19-13)25-16(11)18-12(8)10-3-2-6-24-10/h2-3,6H,4-5,7H2,1H3,(H2,19,20,22,23)/p+1. The van der Waals surface area contributed by atoms with Crippen molar-refractivity contribution in [2.45, 2.75) is 13.0 Å². The van der Waals surface area contributed by atoms with Gasteiger partial charge in [-0.25, -0.2) is 9.78 Å². The Labute approximate surface area is 149 Å². The van der Waals surface area contributed by atoms with Gasteiger partial charge in [-0.05, 0) is 17.0 Å². The Kier molecular flexibility index (Phi) is 3.21. The summed E-state index contributed by atoms with van der Waals surface area (Å²) in [6.07, 6.45) is 0.947. The lowest BCUT2D eigenvalue weighted by Crippen LogP contribution is -3.08. The number of pyridine rings is 1. The van der Waals surface area contributed by atoms with Crippen LogP contribution in [-0.4, -0.2) is 28.5 Å². The highest BCUT2D eigenvalue weighted by atomic mass is 32.1. The molecule has 1 unspecified atom stereocenters. The minimum absolute atomic E-state index is 0.343. The van der Waals surface area contributed by atoms with Crippen LogP contribution in [0.15, 0.2) is 27.1 Å². The Hall–Kier alpha value is -2.29. The van der Waals surface area contributed by atoms with Crippen LogP contribution in [0, 0.1) is 0 Å². The van der Waals surface area contributed by atoms with Gasteiger partial charge in [0.15, 0.2) is 0 Å². The first-order valence-corrected chi connectivity index (χ1v) is 9.77. The van der Waals surface area contributed by atoms with Crippen molar-refractivity contribution < 1.29 is 4.90 Å². The normalized spacial score (nSPS) is 17.2. The zero-order valence-electron chi connectivity index (χ0n) is 13.4. The molecule has 3 N–H and O–H groups in total. The quantitative estimate of drug-likeness (QED) is 0.469. The van der Waals surface area contributed by atoms with Crippen molar-refractivity contribution in [1.82, 2.24) is 15.0 Å². The molecular weight excluding hydrogens is 356 g/mol. The largest absolute Gasteiger partial charge is 0.333 e. The molecule has 1 aliphatic heterocycles. The Morgan fingerprint density at radius 3 is 2.92 bits per heavy atom. The van der Waals surface area contributed by atoms with E-state index in [1.807, 2.05) is 6.07 Å². The van der Waals surface area contributed by atoms with Gasteiger partial charge in [-0.1, -0.05) is 6.07 Å². The summed E-state index contributed by atoms with van der Waals surface area (Å²) in [4.78, 5) is 37.5. The summed E-state index contributed by atoms with van der Waals surface area (Å²) in [6.45, 7) is 1.92. The zero-order valence-corrected chi connectivity index (χ0v) is 15.1. The van der Waals surface area contributed by atoms with Crippen molar-refractivity contribution >= 4 is 43.1 Å². The fourth-order valence-electron chi connectivity index (χ4n) is 3.63. The van der Waals surface area contributed by atoms with Crippen molar-refractivity contribution in [3.05, 3.63) is 49.5 Å². The molecule has 25 heavy (non-hydrogen) atoms. The van der Waals surface area contributed by atoms with E-state index in [0.717, 1.165) is 40.3 Å². The summed E-state index contributed by atoms with van der Waals surface area (Å²) < 4.78 is 0.538. The Balaban J connectivity index is 1.97. The molecular formula is C17H15N4O2S2+. The summed E-state index contributed by atoms with van der Waals surface area (Å²) in [5.74, 6) is 0. The van der Waals surface area contributed by atoms with E-state index >= 15 is 0 Å². The fraction of sp³-hybridized carbons (Fsp3) is 0.235. The van der Waals surface area contributed by atoms with E-state index in [2.05, 4.69) is 28.5 Å². The second-order valence-electron chi connectivity index (χ2n) is 6.42. The van der Waals surface area contributed by atoms with Gasteiger partial charge in [0.2, 0.25) is 0 Å². The molecule has 6 nitrogen and oxygen atoms in total. The maximum Gasteiger partial charge on any atom is 0.326 e. The van der Waals surface area contributed by atoms with E-state index < -0.39 is 5.69 Å². The number of aromatic nitrogens is 3. The lowest BCUT2D eigenvalue weighted by atomic mass is 9.95. The fourth-order valence-corrected chi connectivity index (χ4v) is 5.43. The van der Waals surface area contributed by atoms with Gasteiger partial charge in [0, 0.05) is 17.4 Å². The zero-order chi connectivity index (χ0) is 17.1. The molecule has 0 aromatic carbocycles. The number of nitrogens with one attached hydrogen (secondary N) is 3. The number of thiophene rings is 2. The van der Waals surface area contributed by atoms with E-state index in [-0.39, 0.29) is 5.56 Å². The second-order valence-corrected chi connectivity index (χ2v) is 8.37. The van der Waals surface area contributed by atoms with Gasteiger partial charge in [0.05, 0.1) is 29.7 Å². The summed E-state index contributed by atoms with van der Waals surface area (Å²) in [5, 5.41) is 3.00. The van der Waals surface area contributed by atoms with Crippen molar-refractivity contribution in [2.24, 2.45) is 0 Å². The van der Waals surface area contributed by atoms with Crippen molar-refractivity contribution in [3.63, 3.8) is 0 Å². The molecule has 5 rings (SSSR count). The minimum Gasteiger partial charge on any atom is -0.333 e. The Bertz CT molecular complexity index is 1230.